The second-order valence-electron chi connectivity index (χ2n) is 11.1. The van der Waals surface area contributed by atoms with Crippen LogP contribution in [-0.4, -0.2) is 40.8 Å². The van der Waals surface area contributed by atoms with E-state index in [0.717, 1.165) is 36.1 Å². The van der Waals surface area contributed by atoms with Crippen molar-refractivity contribution in [3.63, 3.8) is 0 Å². The van der Waals surface area contributed by atoms with Crippen LogP contribution in [0.4, 0.5) is 10.5 Å². The quantitative estimate of drug-likeness (QED) is 0.128. The zero-order valence-corrected chi connectivity index (χ0v) is 25.6. The topological polar surface area (TPSA) is 88.1 Å². The number of anilines is 1. The van der Waals surface area contributed by atoms with Gasteiger partial charge in [0, 0.05) is 25.2 Å². The van der Waals surface area contributed by atoms with Gasteiger partial charge in [-0.1, -0.05) is 86.1 Å². The van der Waals surface area contributed by atoms with E-state index in [2.05, 4.69) is 24.4 Å². The van der Waals surface area contributed by atoms with Gasteiger partial charge in [-0.2, -0.15) is 0 Å². The molecule has 0 aromatic heterocycles. The monoisotopic (exact) mass is 594 g/mol. The molecule has 4 aromatic carbocycles. The van der Waals surface area contributed by atoms with Gasteiger partial charge >= 0.3 is 12.0 Å². The average Bonchev–Trinajstić information content (AvgIpc) is 3.03. The van der Waals surface area contributed by atoms with Crippen LogP contribution in [-0.2, 0) is 24.2 Å². The number of rotatable bonds is 16. The van der Waals surface area contributed by atoms with Crippen molar-refractivity contribution >= 4 is 17.7 Å². The molecular weight excluding hydrogens is 552 g/mol. The maximum absolute atomic E-state index is 13.3. The minimum absolute atomic E-state index is 0.154. The van der Waals surface area contributed by atoms with E-state index in [9.17, 15) is 14.7 Å². The lowest BCUT2D eigenvalue weighted by Crippen LogP contribution is -2.43. The maximum Gasteiger partial charge on any atom is 0.348 e. The molecule has 2 N–H and O–H groups in total. The minimum atomic E-state index is -1.41. The number of nitrogens with zero attached hydrogens (tertiary/aromatic N) is 1. The van der Waals surface area contributed by atoms with Crippen LogP contribution < -0.4 is 14.8 Å². The number of amides is 2. The zero-order valence-electron chi connectivity index (χ0n) is 25.6. The minimum Gasteiger partial charge on any atom is -0.494 e. The van der Waals surface area contributed by atoms with E-state index in [4.69, 9.17) is 9.47 Å². The second-order valence-corrected chi connectivity index (χ2v) is 11.1. The van der Waals surface area contributed by atoms with Gasteiger partial charge in [-0.25, -0.2) is 9.59 Å². The molecule has 7 nitrogen and oxygen atoms in total. The molecule has 230 valence electrons. The third-order valence-corrected chi connectivity index (χ3v) is 7.37. The number of unbranched alkanes of at least 4 members (excludes halogenated alkanes) is 1. The Morgan fingerprint density at radius 1 is 0.773 bits per heavy atom. The number of carbonyl (C=O) groups is 2. The molecule has 0 fully saturated rings. The van der Waals surface area contributed by atoms with Crippen LogP contribution in [0.5, 0.6) is 11.5 Å². The summed E-state index contributed by atoms with van der Waals surface area (Å²) in [7, 11) is 0. The number of para-hydroxylation sites is 1. The fourth-order valence-electron chi connectivity index (χ4n) is 4.84. The third kappa shape index (κ3) is 9.90. The summed E-state index contributed by atoms with van der Waals surface area (Å²) in [6.45, 7) is 5.19. The molecule has 2 amide bonds. The van der Waals surface area contributed by atoms with Gasteiger partial charge in [0.15, 0.2) is 0 Å². The summed E-state index contributed by atoms with van der Waals surface area (Å²) in [5, 5.41) is 12.9. The molecule has 4 rings (SSSR count). The first-order valence-electron chi connectivity index (χ1n) is 15.2. The Morgan fingerprint density at radius 3 is 2.05 bits per heavy atom. The van der Waals surface area contributed by atoms with Crippen molar-refractivity contribution in [2.75, 3.05) is 18.5 Å². The Morgan fingerprint density at radius 2 is 1.41 bits per heavy atom. The van der Waals surface area contributed by atoms with Crippen molar-refractivity contribution in [1.29, 1.82) is 0 Å². The molecule has 0 heterocycles. The number of aryl methyl sites for hydroxylation is 1. The molecule has 4 aromatic rings. The van der Waals surface area contributed by atoms with Gasteiger partial charge in [-0.05, 0) is 79.3 Å². The number of carboxylic acid groups (broad SMARTS) is 1. The van der Waals surface area contributed by atoms with Gasteiger partial charge in [0.1, 0.15) is 11.5 Å². The Bertz CT molecular complexity index is 1440. The van der Waals surface area contributed by atoms with E-state index >= 15 is 0 Å². The number of hydrogen-bond acceptors (Lipinski definition) is 4. The first-order chi connectivity index (χ1) is 21.3. The first-order valence-corrected chi connectivity index (χ1v) is 15.2. The Hall–Kier alpha value is -4.78. The van der Waals surface area contributed by atoms with Crippen molar-refractivity contribution in [2.45, 2.75) is 58.1 Å². The fraction of sp³-hybridized carbons (Fsp3) is 0.297. The molecule has 0 aliphatic rings. The number of urea groups is 1. The summed E-state index contributed by atoms with van der Waals surface area (Å²) in [4.78, 5) is 27.1. The maximum atomic E-state index is 13.3. The lowest BCUT2D eigenvalue weighted by Gasteiger charge is -2.26. The number of benzene rings is 4. The lowest BCUT2D eigenvalue weighted by atomic mass is 9.96. The molecule has 0 spiro atoms. The Labute approximate surface area is 260 Å². The van der Waals surface area contributed by atoms with E-state index in [1.54, 1.807) is 24.0 Å². The third-order valence-electron chi connectivity index (χ3n) is 7.37. The Kier molecular flexibility index (Phi) is 11.8. The normalized spacial score (nSPS) is 12.1. The molecule has 1 unspecified atom stereocenters. The highest BCUT2D eigenvalue weighted by Crippen LogP contribution is 2.24. The zero-order chi connectivity index (χ0) is 31.2. The summed E-state index contributed by atoms with van der Waals surface area (Å²) in [6.07, 6.45) is 4.18. The van der Waals surface area contributed by atoms with Crippen molar-refractivity contribution in [1.82, 2.24) is 4.90 Å². The van der Waals surface area contributed by atoms with Crippen molar-refractivity contribution < 1.29 is 24.2 Å². The van der Waals surface area contributed by atoms with Crippen LogP contribution in [0.3, 0.4) is 0 Å². The molecule has 0 saturated carbocycles. The highest BCUT2D eigenvalue weighted by atomic mass is 16.5. The largest absolute Gasteiger partial charge is 0.494 e. The van der Waals surface area contributed by atoms with Gasteiger partial charge in [-0.15, -0.1) is 0 Å². The summed E-state index contributed by atoms with van der Waals surface area (Å²) in [6, 6.07) is 34.2. The molecular formula is C37H42N2O5. The number of nitrogens with one attached hydrogen (secondary N) is 1. The summed E-state index contributed by atoms with van der Waals surface area (Å²) in [5.74, 6) is 0.152. The molecule has 1 atom stereocenters. The van der Waals surface area contributed by atoms with Crippen LogP contribution in [0, 0.1) is 0 Å². The van der Waals surface area contributed by atoms with E-state index in [1.807, 2.05) is 84.9 Å². The number of ether oxygens (including phenoxy) is 2. The van der Waals surface area contributed by atoms with Gasteiger partial charge in [-0.3, -0.25) is 0 Å². The van der Waals surface area contributed by atoms with Crippen molar-refractivity contribution in [2.24, 2.45) is 0 Å². The predicted molar refractivity (Wildman–Crippen MR) is 174 cm³/mol. The van der Waals surface area contributed by atoms with Gasteiger partial charge < -0.3 is 24.8 Å². The van der Waals surface area contributed by atoms with Crippen LogP contribution >= 0.6 is 0 Å². The molecule has 0 bridgehead atoms. The lowest BCUT2D eigenvalue weighted by molar-refractivity contribution is -0.153. The number of carbonyl (C=O) groups excluding carboxylic acids is 1. The van der Waals surface area contributed by atoms with E-state index < -0.39 is 11.6 Å². The number of carboxylic acids is 1. The van der Waals surface area contributed by atoms with Gasteiger partial charge in [0.05, 0.1) is 6.61 Å². The molecule has 0 saturated heterocycles. The molecule has 0 aliphatic carbocycles. The number of aliphatic carboxylic acids is 1. The second kappa shape index (κ2) is 16.2. The van der Waals surface area contributed by atoms with E-state index in [-0.39, 0.29) is 12.5 Å². The SMILES string of the molecule is CCCCc1ccc(NC(=O)N(CCCOc2ccc(CC(C)(Oc3ccccc3)C(=O)O)cc2)Cc2ccccc2)cc1. The predicted octanol–water partition coefficient (Wildman–Crippen LogP) is 8.00. The van der Waals surface area contributed by atoms with Gasteiger partial charge in [0.2, 0.25) is 5.60 Å². The summed E-state index contributed by atoms with van der Waals surface area (Å²) >= 11 is 0. The van der Waals surface area contributed by atoms with Crippen molar-refractivity contribution in [3.8, 4) is 11.5 Å². The Balaban J connectivity index is 1.30. The first kappa shape index (κ1) is 32.1. The fourth-order valence-corrected chi connectivity index (χ4v) is 4.84. The van der Waals surface area contributed by atoms with Gasteiger partial charge in [0.25, 0.3) is 0 Å². The summed E-state index contributed by atoms with van der Waals surface area (Å²) in [5.41, 5.74) is 2.51. The standard InChI is InChI=1S/C37H42N2O5/c1-3-4-12-29-17-21-32(22-18-29)38-36(42)39(28-31-13-7-5-8-14-31)25-11-26-43-33-23-19-30(20-24-33)27-37(2,35(40)41)44-34-15-9-6-10-16-34/h5-10,13-24H,3-4,11-12,25-28H2,1-2H3,(H,38,42)(H,40,41). The van der Waals surface area contributed by atoms with Crippen LogP contribution in [0.1, 0.15) is 49.8 Å². The van der Waals surface area contributed by atoms with E-state index in [0.29, 0.717) is 37.6 Å². The smallest absolute Gasteiger partial charge is 0.348 e. The number of hydrogen-bond donors (Lipinski definition) is 2. The highest BCUT2D eigenvalue weighted by Gasteiger charge is 2.36. The molecule has 7 heteroatoms. The van der Waals surface area contributed by atoms with Crippen LogP contribution in [0.15, 0.2) is 109 Å². The molecule has 0 radical (unpaired) electrons. The highest BCUT2D eigenvalue weighted by molar-refractivity contribution is 5.89. The molecule has 44 heavy (non-hydrogen) atoms. The molecule has 0 aliphatic heterocycles. The van der Waals surface area contributed by atoms with E-state index in [1.165, 1.54) is 5.56 Å². The van der Waals surface area contributed by atoms with Crippen molar-refractivity contribution in [3.05, 3.63) is 126 Å². The van der Waals surface area contributed by atoms with Crippen LogP contribution in [0.25, 0.3) is 0 Å². The summed E-state index contributed by atoms with van der Waals surface area (Å²) < 4.78 is 11.8. The average molecular weight is 595 g/mol. The van der Waals surface area contributed by atoms with Crippen LogP contribution in [0.2, 0.25) is 0 Å².